The fourth-order valence-electron chi connectivity index (χ4n) is 2.73. The van der Waals surface area contributed by atoms with Crippen molar-refractivity contribution in [1.29, 1.82) is 0 Å². The molecule has 0 fully saturated rings. The molecule has 0 atom stereocenters. The number of hydrogen-bond donors (Lipinski definition) is 1. The first-order valence-electron chi connectivity index (χ1n) is 7.63. The van der Waals surface area contributed by atoms with E-state index in [9.17, 15) is 4.79 Å². The molecule has 0 bridgehead atoms. The van der Waals surface area contributed by atoms with E-state index in [0.29, 0.717) is 11.5 Å². The van der Waals surface area contributed by atoms with Crippen molar-refractivity contribution in [2.75, 3.05) is 16.8 Å². The van der Waals surface area contributed by atoms with Gasteiger partial charge >= 0.3 is 0 Å². The maximum Gasteiger partial charge on any atom is 0.277 e. The Balaban J connectivity index is 1.89. The lowest BCUT2D eigenvalue weighted by molar-refractivity contribution is 0.0980. The molecule has 1 N–H and O–H groups in total. The summed E-state index contributed by atoms with van der Waals surface area (Å²) in [7, 11) is 0. The van der Waals surface area contributed by atoms with Crippen LogP contribution in [-0.4, -0.2) is 28.5 Å². The van der Waals surface area contributed by atoms with Gasteiger partial charge in [-0.2, -0.15) is 0 Å². The zero-order valence-corrected chi connectivity index (χ0v) is 12.9. The summed E-state index contributed by atoms with van der Waals surface area (Å²) >= 11 is 0. The molecule has 22 heavy (non-hydrogen) atoms. The molecule has 0 saturated carbocycles. The van der Waals surface area contributed by atoms with Gasteiger partial charge in [-0.3, -0.25) is 4.79 Å². The molecule has 2 aromatic rings. The number of carbonyl (C=O) groups excluding carboxylic acids is 1. The number of nitrogens with one attached hydrogen (secondary N) is 1. The second-order valence-corrected chi connectivity index (χ2v) is 5.78. The number of aryl methyl sites for hydroxylation is 1. The average molecular weight is 296 g/mol. The number of benzene rings is 1. The van der Waals surface area contributed by atoms with Gasteiger partial charge in [-0.15, -0.1) is 0 Å². The minimum Gasteiger partial charge on any atom is -0.368 e. The van der Waals surface area contributed by atoms with E-state index in [2.05, 4.69) is 21.4 Å². The van der Waals surface area contributed by atoms with Crippen molar-refractivity contribution in [2.24, 2.45) is 0 Å². The van der Waals surface area contributed by atoms with Crippen LogP contribution in [0.2, 0.25) is 0 Å². The van der Waals surface area contributed by atoms with Crippen molar-refractivity contribution >= 4 is 17.4 Å². The van der Waals surface area contributed by atoms with E-state index in [-0.39, 0.29) is 11.9 Å². The predicted octanol–water partition coefficient (Wildman–Crippen LogP) is 2.89. The number of fused-ring (bicyclic) bond motifs is 1. The van der Waals surface area contributed by atoms with E-state index in [1.54, 1.807) is 6.07 Å². The Morgan fingerprint density at radius 3 is 2.91 bits per heavy atom. The second kappa shape index (κ2) is 6.13. The van der Waals surface area contributed by atoms with Gasteiger partial charge in [0.2, 0.25) is 0 Å². The molecule has 114 valence electrons. The fourth-order valence-corrected chi connectivity index (χ4v) is 2.73. The summed E-state index contributed by atoms with van der Waals surface area (Å²) in [6.45, 7) is 4.79. The minimum atomic E-state index is -0.0682. The highest BCUT2D eigenvalue weighted by Crippen LogP contribution is 2.27. The summed E-state index contributed by atoms with van der Waals surface area (Å²) in [4.78, 5) is 22.9. The van der Waals surface area contributed by atoms with Crippen LogP contribution in [0, 0.1) is 0 Å². The second-order valence-electron chi connectivity index (χ2n) is 5.78. The van der Waals surface area contributed by atoms with Gasteiger partial charge in [0.15, 0.2) is 0 Å². The normalized spacial score (nSPS) is 13.9. The summed E-state index contributed by atoms with van der Waals surface area (Å²) in [6, 6.07) is 10.0. The lowest BCUT2D eigenvalue weighted by Gasteiger charge is -2.29. The molecule has 3 rings (SSSR count). The maximum absolute atomic E-state index is 12.8. The number of nitrogens with zero attached hydrogens (tertiary/aromatic N) is 3. The van der Waals surface area contributed by atoms with Gasteiger partial charge in [-0.1, -0.05) is 18.2 Å². The van der Waals surface area contributed by atoms with E-state index in [0.717, 1.165) is 25.1 Å². The van der Waals surface area contributed by atoms with Crippen LogP contribution in [-0.2, 0) is 6.42 Å². The third-order valence-corrected chi connectivity index (χ3v) is 3.68. The van der Waals surface area contributed by atoms with Crippen LogP contribution >= 0.6 is 0 Å². The van der Waals surface area contributed by atoms with E-state index in [1.165, 1.54) is 11.9 Å². The molecule has 1 aromatic heterocycles. The highest BCUT2D eigenvalue weighted by Gasteiger charge is 2.24. The smallest absolute Gasteiger partial charge is 0.277 e. The Bertz CT molecular complexity index is 684. The van der Waals surface area contributed by atoms with E-state index < -0.39 is 0 Å². The number of anilines is 2. The molecule has 5 heteroatoms. The van der Waals surface area contributed by atoms with Gasteiger partial charge in [0.1, 0.15) is 17.8 Å². The van der Waals surface area contributed by atoms with Crippen LogP contribution in [0.4, 0.5) is 11.5 Å². The third-order valence-electron chi connectivity index (χ3n) is 3.68. The Morgan fingerprint density at radius 2 is 2.09 bits per heavy atom. The lowest BCUT2D eigenvalue weighted by Crippen LogP contribution is -2.36. The Labute approximate surface area is 130 Å². The summed E-state index contributed by atoms with van der Waals surface area (Å²) in [6.07, 6.45) is 3.43. The van der Waals surface area contributed by atoms with Crippen molar-refractivity contribution in [3.8, 4) is 0 Å². The van der Waals surface area contributed by atoms with Crippen LogP contribution in [0.25, 0.3) is 0 Å². The Morgan fingerprint density at radius 1 is 1.27 bits per heavy atom. The van der Waals surface area contributed by atoms with Crippen molar-refractivity contribution in [1.82, 2.24) is 9.97 Å². The highest BCUT2D eigenvalue weighted by molar-refractivity contribution is 6.05. The molecule has 5 nitrogen and oxygen atoms in total. The number of hydrogen-bond acceptors (Lipinski definition) is 4. The molecule has 2 heterocycles. The topological polar surface area (TPSA) is 58.1 Å². The predicted molar refractivity (Wildman–Crippen MR) is 87.2 cm³/mol. The van der Waals surface area contributed by atoms with E-state index >= 15 is 0 Å². The van der Waals surface area contributed by atoms with Crippen LogP contribution in [0.15, 0.2) is 36.7 Å². The number of aromatic nitrogens is 2. The molecule has 1 aliphatic heterocycles. The summed E-state index contributed by atoms with van der Waals surface area (Å²) < 4.78 is 0. The van der Waals surface area contributed by atoms with Crippen LogP contribution < -0.4 is 10.2 Å². The van der Waals surface area contributed by atoms with Crippen LogP contribution in [0.5, 0.6) is 0 Å². The van der Waals surface area contributed by atoms with E-state index in [4.69, 9.17) is 0 Å². The van der Waals surface area contributed by atoms with Crippen LogP contribution in [0.1, 0.15) is 36.3 Å². The summed E-state index contributed by atoms with van der Waals surface area (Å²) in [5, 5.41) is 3.20. The molecule has 1 amide bonds. The molecule has 0 saturated heterocycles. The lowest BCUT2D eigenvalue weighted by atomic mass is 10.0. The van der Waals surface area contributed by atoms with Gasteiger partial charge in [-0.05, 0) is 38.3 Å². The highest BCUT2D eigenvalue weighted by atomic mass is 16.2. The first-order valence-corrected chi connectivity index (χ1v) is 7.63. The Hall–Kier alpha value is -2.43. The maximum atomic E-state index is 12.8. The molecule has 0 aliphatic carbocycles. The van der Waals surface area contributed by atoms with E-state index in [1.807, 2.05) is 36.9 Å². The monoisotopic (exact) mass is 296 g/mol. The van der Waals surface area contributed by atoms with Gasteiger partial charge in [0.05, 0.1) is 0 Å². The average Bonchev–Trinajstić information content (AvgIpc) is 2.53. The molecule has 0 unspecified atom stereocenters. The SMILES string of the molecule is CC(C)Nc1cc(C(=O)N2CCCc3ccccc32)ncn1. The van der Waals surface area contributed by atoms with Gasteiger partial charge in [0.25, 0.3) is 5.91 Å². The van der Waals surface area contributed by atoms with Crippen molar-refractivity contribution < 1.29 is 4.79 Å². The van der Waals surface area contributed by atoms with Gasteiger partial charge < -0.3 is 10.2 Å². The molecule has 1 aliphatic rings. The standard InChI is InChI=1S/C17H20N4O/c1-12(2)20-16-10-14(18-11-19-16)17(22)21-9-5-7-13-6-3-4-8-15(13)21/h3-4,6,8,10-12H,5,7,9H2,1-2H3,(H,18,19,20). The number of amides is 1. The summed E-state index contributed by atoms with van der Waals surface area (Å²) in [5.41, 5.74) is 2.64. The molecular formula is C17H20N4O. The largest absolute Gasteiger partial charge is 0.368 e. The quantitative estimate of drug-likeness (QED) is 0.946. The fraction of sp³-hybridized carbons (Fsp3) is 0.353. The molecule has 1 aromatic carbocycles. The Kier molecular flexibility index (Phi) is 4.04. The minimum absolute atomic E-state index is 0.0682. The number of carbonyl (C=O) groups is 1. The first kappa shape index (κ1) is 14.5. The summed E-state index contributed by atoms with van der Waals surface area (Å²) in [5.74, 6) is 0.611. The first-order chi connectivity index (χ1) is 10.6. The number of rotatable bonds is 3. The zero-order chi connectivity index (χ0) is 15.5. The van der Waals surface area contributed by atoms with Gasteiger partial charge in [-0.25, -0.2) is 9.97 Å². The molecular weight excluding hydrogens is 276 g/mol. The number of para-hydroxylation sites is 1. The van der Waals surface area contributed by atoms with Crippen molar-refractivity contribution in [2.45, 2.75) is 32.7 Å². The van der Waals surface area contributed by atoms with Crippen LogP contribution in [0.3, 0.4) is 0 Å². The van der Waals surface area contributed by atoms with Gasteiger partial charge in [0, 0.05) is 24.3 Å². The molecule has 0 spiro atoms. The van der Waals surface area contributed by atoms with Crippen molar-refractivity contribution in [3.05, 3.63) is 47.9 Å². The zero-order valence-electron chi connectivity index (χ0n) is 12.9. The third kappa shape index (κ3) is 2.93. The molecule has 0 radical (unpaired) electrons. The van der Waals surface area contributed by atoms with Crippen molar-refractivity contribution in [3.63, 3.8) is 0 Å².